The van der Waals surface area contributed by atoms with Crippen molar-refractivity contribution in [3.05, 3.63) is 59.7 Å². The van der Waals surface area contributed by atoms with E-state index >= 15 is 4.39 Å². The van der Waals surface area contributed by atoms with Crippen molar-refractivity contribution < 1.29 is 55.4 Å². The first kappa shape index (κ1) is 68.3. The molecule has 4 aromatic rings. The van der Waals surface area contributed by atoms with Gasteiger partial charge in [0.05, 0.1) is 35.3 Å². The number of hydrogen-bond donors (Lipinski definition) is 2. The molecule has 0 spiro atoms. The molecule has 2 N–H and O–H groups in total. The first-order valence-electron chi connectivity index (χ1n) is 25.3. The highest BCUT2D eigenvalue weighted by Gasteiger charge is 2.48. The van der Waals surface area contributed by atoms with Crippen LogP contribution in [0.2, 0.25) is 0 Å². The third-order valence-electron chi connectivity index (χ3n) is 14.6. The number of ether oxygens (including phenoxy) is 2. The molecule has 0 unspecified atom stereocenters. The van der Waals surface area contributed by atoms with Gasteiger partial charge in [-0.1, -0.05) is 33.6 Å². The molecule has 4 amide bonds. The minimum absolute atomic E-state index is 0. The maximum Gasteiger partial charge on any atom is 0.406 e. The highest BCUT2D eigenvalue weighted by atomic mass is 32.1. The summed E-state index contributed by atoms with van der Waals surface area (Å²) in [5.74, 6) is 1.60. The Morgan fingerprint density at radius 3 is 2.30 bits per heavy atom. The third-order valence-corrected chi connectivity index (χ3v) is 14.6. The first-order chi connectivity index (χ1) is 35.1. The van der Waals surface area contributed by atoms with E-state index in [2.05, 4.69) is 27.6 Å². The van der Waals surface area contributed by atoms with Crippen LogP contribution in [-0.2, 0) is 52.8 Å². The molecule has 0 radical (unpaired) electrons. The van der Waals surface area contributed by atoms with Gasteiger partial charge >= 0.3 is 12.1 Å². The lowest BCUT2D eigenvalue weighted by Gasteiger charge is -2.40. The van der Waals surface area contributed by atoms with Gasteiger partial charge in [0.25, 0.3) is 17.7 Å². The van der Waals surface area contributed by atoms with Gasteiger partial charge in [-0.2, -0.15) is 67.2 Å². The summed E-state index contributed by atoms with van der Waals surface area (Å²) in [4.78, 5) is 83.9. The molecule has 25 heteroatoms. The lowest BCUT2D eigenvalue weighted by Crippen LogP contribution is -2.63. The smallest absolute Gasteiger partial charge is 0.406 e. The number of halogens is 4. The molecule has 3 aliphatic rings. The number of amides is 4. The van der Waals surface area contributed by atoms with E-state index in [1.807, 2.05) is 46.7 Å². The van der Waals surface area contributed by atoms with E-state index in [1.54, 1.807) is 57.3 Å². The monoisotopic (exact) mass is 1180 g/mol. The molecule has 2 saturated heterocycles. The Balaban J connectivity index is 0.00000410. The number of pyridine rings is 1. The number of esters is 1. The van der Waals surface area contributed by atoms with Crippen LogP contribution in [0.3, 0.4) is 0 Å². The Hall–Kier alpha value is -4.97. The number of fused-ring (bicyclic) bond motifs is 6. The van der Waals surface area contributed by atoms with Crippen molar-refractivity contribution in [2.75, 3.05) is 54.5 Å². The second-order valence-electron chi connectivity index (χ2n) is 21.8. The van der Waals surface area contributed by atoms with E-state index in [9.17, 15) is 37.1 Å². The Morgan fingerprint density at radius 1 is 1.01 bits per heavy atom. The Labute approximate surface area is 487 Å². The number of aromatic nitrogens is 3. The number of alkyl halides is 4. The van der Waals surface area contributed by atoms with Gasteiger partial charge in [0, 0.05) is 86.7 Å². The number of benzene rings is 1. The summed E-state index contributed by atoms with van der Waals surface area (Å²) in [7, 11) is 6.50. The van der Waals surface area contributed by atoms with Crippen molar-refractivity contribution in [3.8, 4) is 34.6 Å². The average molecular weight is 1180 g/mol. The predicted molar refractivity (Wildman–Crippen MR) is 312 cm³/mol. The summed E-state index contributed by atoms with van der Waals surface area (Å²) in [5.41, 5.74) is 1.67. The van der Waals surface area contributed by atoms with Crippen LogP contribution in [0.5, 0.6) is 0 Å². The van der Waals surface area contributed by atoms with E-state index in [1.165, 1.54) is 34.9 Å². The minimum Gasteiger partial charge on any atom is -0.464 e. The van der Waals surface area contributed by atoms with Crippen molar-refractivity contribution in [1.29, 1.82) is 0 Å². The van der Waals surface area contributed by atoms with E-state index in [-0.39, 0.29) is 129 Å². The summed E-state index contributed by atoms with van der Waals surface area (Å²) < 4.78 is 79.6. The normalized spacial score (nSPS) is 19.2. The number of piperidine rings is 1. The number of nitrogens with one attached hydrogen (secondary N) is 2. The van der Waals surface area contributed by atoms with Crippen LogP contribution in [-0.4, -0.2) is 154 Å². The van der Waals surface area contributed by atoms with E-state index in [4.69, 9.17) is 18.9 Å². The first-order valence-corrected chi connectivity index (χ1v) is 25.3. The summed E-state index contributed by atoms with van der Waals surface area (Å²) in [6.07, 6.45) is -2.43. The lowest BCUT2D eigenvalue weighted by molar-refractivity contribution is -0.156. The topological polar surface area (TPSA) is 185 Å². The Kier molecular flexibility index (Phi) is 23.5. The molecule has 2 fully saturated rings. The molecule has 6 heterocycles. The third kappa shape index (κ3) is 15.5. The van der Waals surface area contributed by atoms with Crippen molar-refractivity contribution in [2.24, 2.45) is 11.3 Å². The number of likely N-dealkylation sites (N-methyl/N-ethyl adjacent to an activating group) is 1. The number of hydrazine groups is 1. The summed E-state index contributed by atoms with van der Waals surface area (Å²) in [6, 6.07) is 4.59. The summed E-state index contributed by atoms with van der Waals surface area (Å²) >= 11 is 0. The molecule has 3 aliphatic heterocycles. The number of oxazole rings is 1. The summed E-state index contributed by atoms with van der Waals surface area (Å²) in [6.45, 7) is 11.1. The molecular weight excluding hydrogens is 1110 g/mol. The Morgan fingerprint density at radius 2 is 1.68 bits per heavy atom. The van der Waals surface area contributed by atoms with Crippen LogP contribution < -0.4 is 10.7 Å². The molecule has 0 aliphatic carbocycles. The SMILES string of the molecule is CO[C@@H](C)c1ncccc1-c1c2c3cc(ccc3n1CC(F)(F)F)-c1nc(co1)C[C@H](NC(=O)[C@H](C(C)C)N(C)C(=O)C1(F)CCN(C(=O)C#CC(C)(C)N(C)C)CC1)C(=O)N1CCC[C@H](N1)C(=O)OCC(C)(C)C2.S.S.S.S. The maximum atomic E-state index is 16.7. The fraction of sp³-hybridized carbons (Fsp3) is 0.574. The van der Waals surface area contributed by atoms with E-state index < -0.39 is 89.1 Å². The van der Waals surface area contributed by atoms with Crippen LogP contribution in [0.15, 0.2) is 47.2 Å². The number of carbonyl (C=O) groups excluding carboxylic acids is 5. The number of hydrogen-bond acceptors (Lipinski definition) is 12. The van der Waals surface area contributed by atoms with Crippen molar-refractivity contribution in [1.82, 2.24) is 45.0 Å². The molecular formula is C54H77F4N9O8S4. The van der Waals surface area contributed by atoms with E-state index in [0.29, 0.717) is 40.6 Å². The zero-order valence-corrected chi connectivity index (χ0v) is 50.6. The van der Waals surface area contributed by atoms with Crippen molar-refractivity contribution in [2.45, 2.75) is 135 Å². The average Bonchev–Trinajstić information content (AvgIpc) is 3.94. The fourth-order valence-electron chi connectivity index (χ4n) is 9.88. The predicted octanol–water partition coefficient (Wildman–Crippen LogP) is 6.88. The van der Waals surface area contributed by atoms with Crippen LogP contribution in [0.4, 0.5) is 17.6 Å². The van der Waals surface area contributed by atoms with Crippen molar-refractivity contribution in [3.63, 3.8) is 0 Å². The zero-order chi connectivity index (χ0) is 54.9. The number of nitrogens with zero attached hydrogens (tertiary/aromatic N) is 7. The van der Waals surface area contributed by atoms with Crippen LogP contribution >= 0.6 is 54.0 Å². The van der Waals surface area contributed by atoms with Gasteiger partial charge in [0.1, 0.15) is 30.9 Å². The Bertz CT molecular complexity index is 2880. The van der Waals surface area contributed by atoms with Gasteiger partial charge in [-0.05, 0) is 102 Å². The van der Waals surface area contributed by atoms with Gasteiger partial charge < -0.3 is 33.6 Å². The lowest BCUT2D eigenvalue weighted by atomic mass is 9.84. The number of cyclic esters (lactones) is 1. The largest absolute Gasteiger partial charge is 0.464 e. The molecule has 3 aromatic heterocycles. The number of carbonyl (C=O) groups is 5. The van der Waals surface area contributed by atoms with Crippen LogP contribution in [0, 0.1) is 23.2 Å². The molecule has 1 aromatic carbocycles. The fourth-order valence-corrected chi connectivity index (χ4v) is 9.88. The highest BCUT2D eigenvalue weighted by molar-refractivity contribution is 7.59. The number of rotatable bonds is 10. The van der Waals surface area contributed by atoms with Gasteiger partial charge in [-0.25, -0.2) is 14.8 Å². The van der Waals surface area contributed by atoms with Gasteiger partial charge in [0.2, 0.25) is 11.8 Å². The van der Waals surface area contributed by atoms with Crippen molar-refractivity contribution >= 4 is 94.5 Å². The molecule has 4 atom stereocenters. The van der Waals surface area contributed by atoms with Gasteiger partial charge in [0.15, 0.2) is 5.67 Å². The van der Waals surface area contributed by atoms with Gasteiger partial charge in [-0.3, -0.25) is 38.9 Å². The standard InChI is InChI=1S/C54H69F4N9O8.4H2S/c1-32(2)44(64(10)50(72)53(55)20-24-65(25-21-53)42(68)18-19-52(6,7)63(8)9)46(69)61-40-27-35-29-74-47(60-35)34-16-17-41-37(26-34)38(28-51(4,5)31-75-49(71)39-15-13-23-67(62-39)48(40)70)45(66(41)30-54(56,57)58)36-14-12-22-59-43(36)33(3)73-11;;;;/h12,14,16-17,22,26,29,32-33,39-40,44,62H,13,15,20-21,23-25,27-28,30-31H2,1-11H3,(H,61,69);4*1H2/t33-,39-,40-,44-;;;;/m0..../s1. The second kappa shape index (κ2) is 27.2. The van der Waals surface area contributed by atoms with E-state index in [0.717, 1.165) is 4.90 Å². The summed E-state index contributed by atoms with van der Waals surface area (Å²) in [5, 5.41) is 4.52. The molecule has 6 bridgehead atoms. The number of methoxy groups -OCH3 is 1. The quantitative estimate of drug-likeness (QED) is 0.0955. The molecule has 17 nitrogen and oxygen atoms in total. The molecule has 438 valence electrons. The minimum atomic E-state index is -4.64. The zero-order valence-electron chi connectivity index (χ0n) is 46.6. The molecule has 0 saturated carbocycles. The van der Waals surface area contributed by atoms with Crippen LogP contribution in [0.25, 0.3) is 33.6 Å². The van der Waals surface area contributed by atoms with Crippen LogP contribution in [0.1, 0.15) is 97.2 Å². The number of likely N-dealkylation sites (tertiary alicyclic amines) is 1. The van der Waals surface area contributed by atoms with Gasteiger partial charge in [-0.15, -0.1) is 0 Å². The second-order valence-corrected chi connectivity index (χ2v) is 21.8. The molecule has 79 heavy (non-hydrogen) atoms. The molecule has 7 rings (SSSR count). The highest BCUT2D eigenvalue weighted by Crippen LogP contribution is 2.43. The maximum absolute atomic E-state index is 16.7.